The minimum atomic E-state index is -0.0963. The summed E-state index contributed by atoms with van der Waals surface area (Å²) in [6.07, 6.45) is 6.14. The predicted molar refractivity (Wildman–Crippen MR) is 80.0 cm³/mol. The second kappa shape index (κ2) is 10.8. The molecule has 2 N–H and O–H groups in total. The highest BCUT2D eigenvalue weighted by molar-refractivity contribution is 4.82. The molecule has 3 heteroatoms. The molecule has 18 heavy (non-hydrogen) atoms. The molecule has 0 aliphatic carbocycles. The summed E-state index contributed by atoms with van der Waals surface area (Å²) < 4.78 is 0. The lowest BCUT2D eigenvalue weighted by Crippen LogP contribution is -2.48. The molecular formula is C15H34N2O. The highest BCUT2D eigenvalue weighted by Crippen LogP contribution is 2.14. The second-order valence-corrected chi connectivity index (χ2v) is 5.48. The van der Waals surface area contributed by atoms with Gasteiger partial charge >= 0.3 is 0 Å². The van der Waals surface area contributed by atoms with E-state index in [4.69, 9.17) is 0 Å². The van der Waals surface area contributed by atoms with E-state index in [-0.39, 0.29) is 12.1 Å². The first-order valence-electron chi connectivity index (χ1n) is 7.70. The number of unbranched alkanes of at least 4 members (excludes halogenated alkanes) is 3. The molecule has 3 nitrogen and oxygen atoms in total. The molecule has 1 unspecified atom stereocenters. The Hall–Kier alpha value is -0.120. The summed E-state index contributed by atoms with van der Waals surface area (Å²) >= 11 is 0. The van der Waals surface area contributed by atoms with E-state index in [0.29, 0.717) is 0 Å². The maximum atomic E-state index is 9.55. The van der Waals surface area contributed by atoms with E-state index in [1.807, 2.05) is 0 Å². The molecule has 0 saturated carbocycles. The first-order chi connectivity index (χ1) is 8.61. The smallest absolute Gasteiger partial charge is 0.0610 e. The van der Waals surface area contributed by atoms with Gasteiger partial charge in [-0.2, -0.15) is 0 Å². The van der Waals surface area contributed by atoms with Crippen LogP contribution in [0.25, 0.3) is 0 Å². The SMILES string of the molecule is CCCCCCC(C)(CO)NCCN(CC)CC. The van der Waals surface area contributed by atoms with Crippen molar-refractivity contribution in [1.82, 2.24) is 10.2 Å². The van der Waals surface area contributed by atoms with E-state index in [0.717, 1.165) is 32.6 Å². The fourth-order valence-corrected chi connectivity index (χ4v) is 2.22. The van der Waals surface area contributed by atoms with Gasteiger partial charge in [-0.3, -0.25) is 0 Å². The van der Waals surface area contributed by atoms with Crippen LogP contribution in [0, 0.1) is 0 Å². The number of aliphatic hydroxyl groups excluding tert-OH is 1. The molecule has 0 spiro atoms. The summed E-state index contributed by atoms with van der Waals surface area (Å²) in [5.74, 6) is 0. The fraction of sp³-hybridized carbons (Fsp3) is 1.00. The molecule has 0 aliphatic rings. The van der Waals surface area contributed by atoms with Crippen LogP contribution in [0.2, 0.25) is 0 Å². The molecule has 0 heterocycles. The summed E-state index contributed by atoms with van der Waals surface area (Å²) in [4.78, 5) is 2.40. The summed E-state index contributed by atoms with van der Waals surface area (Å²) in [5, 5.41) is 13.1. The van der Waals surface area contributed by atoms with Gasteiger partial charge in [0, 0.05) is 18.6 Å². The van der Waals surface area contributed by atoms with Crippen LogP contribution in [0.1, 0.15) is 59.8 Å². The average Bonchev–Trinajstić information content (AvgIpc) is 2.40. The lowest BCUT2D eigenvalue weighted by molar-refractivity contribution is 0.157. The van der Waals surface area contributed by atoms with E-state index in [2.05, 4.69) is 37.9 Å². The van der Waals surface area contributed by atoms with Crippen LogP contribution in [0.5, 0.6) is 0 Å². The third-order valence-corrected chi connectivity index (χ3v) is 3.81. The minimum absolute atomic E-state index is 0.0963. The zero-order valence-corrected chi connectivity index (χ0v) is 13.0. The Labute approximate surface area is 114 Å². The van der Waals surface area contributed by atoms with Crippen molar-refractivity contribution in [3.8, 4) is 0 Å². The van der Waals surface area contributed by atoms with Crippen LogP contribution in [-0.2, 0) is 0 Å². The molecule has 0 bridgehead atoms. The third kappa shape index (κ3) is 8.06. The molecule has 110 valence electrons. The van der Waals surface area contributed by atoms with Gasteiger partial charge in [0.1, 0.15) is 0 Å². The molecule has 0 aromatic rings. The van der Waals surface area contributed by atoms with E-state index < -0.39 is 0 Å². The maximum Gasteiger partial charge on any atom is 0.0610 e. The lowest BCUT2D eigenvalue weighted by Gasteiger charge is -2.30. The zero-order valence-electron chi connectivity index (χ0n) is 13.0. The van der Waals surface area contributed by atoms with Gasteiger partial charge in [0.25, 0.3) is 0 Å². The Kier molecular flexibility index (Phi) is 10.7. The standard InChI is InChI=1S/C15H34N2O/c1-5-8-9-10-11-15(4,14-18)16-12-13-17(6-2)7-3/h16,18H,5-14H2,1-4H3. The molecule has 0 saturated heterocycles. The third-order valence-electron chi connectivity index (χ3n) is 3.81. The molecule has 0 aliphatic heterocycles. The molecular weight excluding hydrogens is 224 g/mol. The highest BCUT2D eigenvalue weighted by Gasteiger charge is 2.21. The maximum absolute atomic E-state index is 9.55. The predicted octanol–water partition coefficient (Wildman–Crippen LogP) is 2.64. The van der Waals surface area contributed by atoms with E-state index in [9.17, 15) is 5.11 Å². The fourth-order valence-electron chi connectivity index (χ4n) is 2.22. The lowest BCUT2D eigenvalue weighted by atomic mass is 9.95. The van der Waals surface area contributed by atoms with E-state index in [1.54, 1.807) is 0 Å². The molecule has 0 fully saturated rings. The van der Waals surface area contributed by atoms with Crippen molar-refractivity contribution in [2.24, 2.45) is 0 Å². The topological polar surface area (TPSA) is 35.5 Å². The highest BCUT2D eigenvalue weighted by atomic mass is 16.3. The molecule has 0 radical (unpaired) electrons. The van der Waals surface area contributed by atoms with Crippen LogP contribution >= 0.6 is 0 Å². The number of rotatable bonds is 12. The zero-order chi connectivity index (χ0) is 13.9. The second-order valence-electron chi connectivity index (χ2n) is 5.48. The summed E-state index contributed by atoms with van der Waals surface area (Å²) in [5.41, 5.74) is -0.0963. The van der Waals surface area contributed by atoms with Crippen LogP contribution < -0.4 is 5.32 Å². The Morgan fingerprint density at radius 1 is 1.06 bits per heavy atom. The van der Waals surface area contributed by atoms with Crippen molar-refractivity contribution in [3.05, 3.63) is 0 Å². The number of nitrogens with zero attached hydrogens (tertiary/aromatic N) is 1. The van der Waals surface area contributed by atoms with Crippen LogP contribution in [-0.4, -0.2) is 48.3 Å². The van der Waals surface area contributed by atoms with Gasteiger partial charge in [-0.05, 0) is 26.4 Å². The largest absolute Gasteiger partial charge is 0.394 e. The Morgan fingerprint density at radius 3 is 2.22 bits per heavy atom. The van der Waals surface area contributed by atoms with Crippen molar-refractivity contribution in [2.45, 2.75) is 65.3 Å². The first kappa shape index (κ1) is 17.9. The normalized spacial score (nSPS) is 15.0. The van der Waals surface area contributed by atoms with Crippen molar-refractivity contribution < 1.29 is 5.11 Å². The summed E-state index contributed by atoms with van der Waals surface area (Å²) in [7, 11) is 0. The number of hydrogen-bond acceptors (Lipinski definition) is 3. The van der Waals surface area contributed by atoms with E-state index >= 15 is 0 Å². The van der Waals surface area contributed by atoms with Gasteiger partial charge in [-0.1, -0.05) is 46.5 Å². The Morgan fingerprint density at radius 2 is 1.72 bits per heavy atom. The monoisotopic (exact) mass is 258 g/mol. The Balaban J connectivity index is 3.84. The summed E-state index contributed by atoms with van der Waals surface area (Å²) in [6, 6.07) is 0. The quantitative estimate of drug-likeness (QED) is 0.528. The number of aliphatic hydroxyl groups is 1. The van der Waals surface area contributed by atoms with Crippen molar-refractivity contribution in [2.75, 3.05) is 32.8 Å². The number of hydrogen-bond donors (Lipinski definition) is 2. The molecule has 0 rings (SSSR count). The van der Waals surface area contributed by atoms with Gasteiger partial charge in [-0.25, -0.2) is 0 Å². The number of likely N-dealkylation sites (N-methyl/N-ethyl adjacent to an activating group) is 1. The van der Waals surface area contributed by atoms with Crippen LogP contribution in [0.4, 0.5) is 0 Å². The van der Waals surface area contributed by atoms with Crippen LogP contribution in [0.3, 0.4) is 0 Å². The van der Waals surface area contributed by atoms with Gasteiger partial charge in [0.2, 0.25) is 0 Å². The number of nitrogens with one attached hydrogen (secondary N) is 1. The van der Waals surface area contributed by atoms with Crippen molar-refractivity contribution in [1.29, 1.82) is 0 Å². The van der Waals surface area contributed by atoms with Gasteiger partial charge in [-0.15, -0.1) is 0 Å². The van der Waals surface area contributed by atoms with Gasteiger partial charge < -0.3 is 15.3 Å². The van der Waals surface area contributed by atoms with Gasteiger partial charge in [0.15, 0.2) is 0 Å². The molecule has 0 aromatic carbocycles. The first-order valence-corrected chi connectivity index (χ1v) is 7.70. The molecule has 0 aromatic heterocycles. The van der Waals surface area contributed by atoms with Gasteiger partial charge in [0.05, 0.1) is 6.61 Å². The van der Waals surface area contributed by atoms with Crippen molar-refractivity contribution in [3.63, 3.8) is 0 Å². The van der Waals surface area contributed by atoms with Crippen molar-refractivity contribution >= 4 is 0 Å². The molecule has 0 amide bonds. The minimum Gasteiger partial charge on any atom is -0.394 e. The average molecular weight is 258 g/mol. The van der Waals surface area contributed by atoms with E-state index in [1.165, 1.54) is 25.7 Å². The Bertz CT molecular complexity index is 183. The molecule has 1 atom stereocenters. The van der Waals surface area contributed by atoms with Crippen LogP contribution in [0.15, 0.2) is 0 Å². The summed E-state index contributed by atoms with van der Waals surface area (Å²) in [6.45, 7) is 13.2.